The predicted molar refractivity (Wildman–Crippen MR) is 135 cm³/mol. The Morgan fingerprint density at radius 1 is 1.09 bits per heavy atom. The van der Waals surface area contributed by atoms with E-state index in [1.807, 2.05) is 6.92 Å². The third kappa shape index (κ3) is 8.01. The van der Waals surface area contributed by atoms with Gasteiger partial charge in [-0.1, -0.05) is 18.5 Å². The molecule has 6 nitrogen and oxygen atoms in total. The van der Waals surface area contributed by atoms with Crippen molar-refractivity contribution in [2.45, 2.75) is 36.8 Å². The van der Waals surface area contributed by atoms with Crippen LogP contribution in [0.2, 0.25) is 5.02 Å². The molecule has 0 saturated carbocycles. The Hall–Kier alpha value is -2.07. The number of hydrogen-bond acceptors (Lipinski definition) is 4. The summed E-state index contributed by atoms with van der Waals surface area (Å²) in [5, 5.41) is 6.55. The fraction of sp³-hybridized carbons (Fsp3) is 0.318. The lowest BCUT2D eigenvalue weighted by Gasteiger charge is -2.15. The fourth-order valence-corrected chi connectivity index (χ4v) is 3.92. The van der Waals surface area contributed by atoms with Crippen molar-refractivity contribution in [1.82, 2.24) is 0 Å². The van der Waals surface area contributed by atoms with E-state index in [0.717, 1.165) is 12.1 Å². The zero-order valence-corrected chi connectivity index (χ0v) is 21.5. The van der Waals surface area contributed by atoms with E-state index in [1.165, 1.54) is 36.9 Å². The first kappa shape index (κ1) is 28.2. The van der Waals surface area contributed by atoms with Gasteiger partial charge in [-0.3, -0.25) is 14.4 Å². The van der Waals surface area contributed by atoms with E-state index in [0.29, 0.717) is 5.75 Å². The maximum atomic E-state index is 14.9. The van der Waals surface area contributed by atoms with Gasteiger partial charge in [-0.05, 0) is 49.9 Å². The minimum absolute atomic E-state index is 0.0245. The van der Waals surface area contributed by atoms with Crippen LogP contribution in [0.4, 0.5) is 25.8 Å². The molecular weight excluding hydrogens is 531 g/mol. The summed E-state index contributed by atoms with van der Waals surface area (Å²) >= 11 is 19.1. The molecule has 12 heteroatoms. The number of alkyl halides is 2. The lowest BCUT2D eigenvalue weighted by Crippen LogP contribution is -2.24. The van der Waals surface area contributed by atoms with Crippen LogP contribution in [0.3, 0.4) is 0 Å². The van der Waals surface area contributed by atoms with Crippen molar-refractivity contribution in [2.75, 3.05) is 21.7 Å². The zero-order chi connectivity index (χ0) is 25.6. The largest absolute Gasteiger partial charge is 0.326 e. The molecular formula is C22H22Cl3F2N3O3S. The van der Waals surface area contributed by atoms with E-state index in [2.05, 4.69) is 16.0 Å². The predicted octanol–water partition coefficient (Wildman–Crippen LogP) is 6.47. The quantitative estimate of drug-likeness (QED) is 0.311. The molecule has 184 valence electrons. The molecule has 0 fully saturated rings. The number of thioether (sulfide) groups is 1. The molecule has 0 radical (unpaired) electrons. The number of amides is 3. The highest BCUT2D eigenvalue weighted by Gasteiger charge is 2.23. The van der Waals surface area contributed by atoms with E-state index in [-0.39, 0.29) is 28.4 Å². The summed E-state index contributed by atoms with van der Waals surface area (Å²) in [5.41, 5.74) is -0.903. The van der Waals surface area contributed by atoms with E-state index < -0.39 is 44.6 Å². The van der Waals surface area contributed by atoms with Gasteiger partial charge in [-0.15, -0.1) is 35.0 Å². The molecule has 0 aromatic heterocycles. The van der Waals surface area contributed by atoms with Crippen LogP contribution in [0.15, 0.2) is 30.3 Å². The van der Waals surface area contributed by atoms with Gasteiger partial charge in [0, 0.05) is 5.69 Å². The molecule has 0 saturated heterocycles. The summed E-state index contributed by atoms with van der Waals surface area (Å²) in [6.07, 6.45) is -0.203. The Bertz CT molecular complexity index is 1100. The van der Waals surface area contributed by atoms with Crippen molar-refractivity contribution in [1.29, 1.82) is 0 Å². The molecule has 2 rings (SSSR count). The minimum Gasteiger partial charge on any atom is -0.326 e. The van der Waals surface area contributed by atoms with Crippen LogP contribution in [0.25, 0.3) is 0 Å². The van der Waals surface area contributed by atoms with E-state index >= 15 is 0 Å². The molecule has 0 aliphatic heterocycles. The van der Waals surface area contributed by atoms with Gasteiger partial charge in [0.1, 0.15) is 15.8 Å². The minimum atomic E-state index is -1.28. The van der Waals surface area contributed by atoms with Gasteiger partial charge in [0.2, 0.25) is 11.8 Å². The highest BCUT2D eigenvalue weighted by molar-refractivity contribution is 8.00. The number of halogens is 5. The standard InChI is InChI=1S/C22H22Cl3F2N3O3S/c1-4-34-11(2)20(32)30-19-15(26)7-8-16(18(19)27)29-21(33)13-9-12(5-6-14(13)23)28-17(31)10-22(3,24)25/h5-9,11H,4,10H2,1-3H3,(H,28,31)(H,29,33)(H,30,32). The van der Waals surface area contributed by atoms with Crippen LogP contribution in [0, 0.1) is 11.6 Å². The molecule has 34 heavy (non-hydrogen) atoms. The van der Waals surface area contributed by atoms with Gasteiger partial charge < -0.3 is 16.0 Å². The maximum Gasteiger partial charge on any atom is 0.257 e. The van der Waals surface area contributed by atoms with Crippen molar-refractivity contribution in [3.8, 4) is 0 Å². The van der Waals surface area contributed by atoms with Gasteiger partial charge in [0.15, 0.2) is 5.82 Å². The summed E-state index contributed by atoms with van der Waals surface area (Å²) in [6, 6.07) is 6.04. The van der Waals surface area contributed by atoms with Crippen molar-refractivity contribution < 1.29 is 23.2 Å². The molecule has 0 bridgehead atoms. The number of carbonyl (C=O) groups excluding carboxylic acids is 3. The monoisotopic (exact) mass is 551 g/mol. The van der Waals surface area contributed by atoms with Crippen molar-refractivity contribution in [3.05, 3.63) is 52.6 Å². The lowest BCUT2D eigenvalue weighted by atomic mass is 10.1. The smallest absolute Gasteiger partial charge is 0.257 e. The molecule has 1 atom stereocenters. The summed E-state index contributed by atoms with van der Waals surface area (Å²) in [6.45, 7) is 4.91. The molecule has 2 aromatic carbocycles. The van der Waals surface area contributed by atoms with Gasteiger partial charge in [-0.2, -0.15) is 0 Å². The van der Waals surface area contributed by atoms with Gasteiger partial charge in [-0.25, -0.2) is 8.78 Å². The molecule has 1 unspecified atom stereocenters. The summed E-state index contributed by atoms with van der Waals surface area (Å²) in [7, 11) is 0. The van der Waals surface area contributed by atoms with Crippen LogP contribution in [0.5, 0.6) is 0 Å². The van der Waals surface area contributed by atoms with Crippen LogP contribution < -0.4 is 16.0 Å². The van der Waals surface area contributed by atoms with Crippen LogP contribution in [-0.2, 0) is 9.59 Å². The molecule has 0 aliphatic carbocycles. The van der Waals surface area contributed by atoms with Gasteiger partial charge in [0.25, 0.3) is 5.91 Å². The highest BCUT2D eigenvalue weighted by atomic mass is 35.5. The Morgan fingerprint density at radius 3 is 2.38 bits per heavy atom. The van der Waals surface area contributed by atoms with E-state index in [4.69, 9.17) is 34.8 Å². The van der Waals surface area contributed by atoms with E-state index in [1.54, 1.807) is 6.92 Å². The van der Waals surface area contributed by atoms with Crippen molar-refractivity contribution in [2.24, 2.45) is 0 Å². The SMILES string of the molecule is CCSC(C)C(=O)Nc1c(F)ccc(NC(=O)c2cc(NC(=O)CC(C)(Cl)Cl)ccc2Cl)c1F. The Balaban J connectivity index is 2.24. The topological polar surface area (TPSA) is 87.3 Å². The van der Waals surface area contributed by atoms with Gasteiger partial charge in [0.05, 0.1) is 27.9 Å². The van der Waals surface area contributed by atoms with Crippen LogP contribution in [-0.4, -0.2) is 33.1 Å². The van der Waals surface area contributed by atoms with E-state index in [9.17, 15) is 23.2 Å². The summed E-state index contributed by atoms with van der Waals surface area (Å²) < 4.78 is 27.9. The summed E-state index contributed by atoms with van der Waals surface area (Å²) in [4.78, 5) is 37.0. The maximum absolute atomic E-state index is 14.9. The second-order valence-electron chi connectivity index (χ2n) is 7.31. The molecule has 0 heterocycles. The molecule has 3 amide bonds. The number of carbonyl (C=O) groups is 3. The first-order valence-corrected chi connectivity index (χ1v) is 12.2. The first-order chi connectivity index (χ1) is 15.8. The molecule has 0 aliphatic rings. The first-order valence-electron chi connectivity index (χ1n) is 10.0. The van der Waals surface area contributed by atoms with Gasteiger partial charge >= 0.3 is 0 Å². The molecule has 3 N–H and O–H groups in total. The Morgan fingerprint density at radius 2 is 1.76 bits per heavy atom. The fourth-order valence-electron chi connectivity index (χ4n) is 2.77. The van der Waals surface area contributed by atoms with Crippen LogP contribution >= 0.6 is 46.6 Å². The normalized spacial score (nSPS) is 12.1. The Labute approximate surface area is 215 Å². The lowest BCUT2D eigenvalue weighted by molar-refractivity contribution is -0.116. The average molecular weight is 553 g/mol. The zero-order valence-electron chi connectivity index (χ0n) is 18.4. The number of rotatable bonds is 9. The molecule has 0 spiro atoms. The second-order valence-corrected chi connectivity index (χ2v) is 11.2. The van der Waals surface area contributed by atoms with Crippen molar-refractivity contribution in [3.63, 3.8) is 0 Å². The summed E-state index contributed by atoms with van der Waals surface area (Å²) in [5.74, 6) is -3.40. The number of benzene rings is 2. The highest BCUT2D eigenvalue weighted by Crippen LogP contribution is 2.29. The Kier molecular flexibility index (Phi) is 9.99. The van der Waals surface area contributed by atoms with Crippen LogP contribution in [0.1, 0.15) is 37.6 Å². The second kappa shape index (κ2) is 12.1. The average Bonchev–Trinajstić information content (AvgIpc) is 2.73. The third-order valence-corrected chi connectivity index (χ3v) is 5.98. The number of anilines is 3. The number of nitrogens with one attached hydrogen (secondary N) is 3. The number of hydrogen-bond donors (Lipinski definition) is 3. The van der Waals surface area contributed by atoms with Crippen molar-refractivity contribution >= 4 is 81.3 Å². The third-order valence-electron chi connectivity index (χ3n) is 4.34. The molecule has 2 aromatic rings.